The predicted octanol–water partition coefficient (Wildman–Crippen LogP) is 5.45. The van der Waals surface area contributed by atoms with E-state index in [0.29, 0.717) is 24.5 Å². The molecule has 0 unspecified atom stereocenters. The molecule has 0 saturated carbocycles. The first-order valence-corrected chi connectivity index (χ1v) is 13.1. The third-order valence-electron chi connectivity index (χ3n) is 6.96. The Hall–Kier alpha value is -3.19. The van der Waals surface area contributed by atoms with Crippen molar-refractivity contribution in [3.8, 4) is 0 Å². The second-order valence-corrected chi connectivity index (χ2v) is 9.91. The van der Waals surface area contributed by atoms with Gasteiger partial charge in [-0.05, 0) is 47.0 Å². The number of aromatic nitrogens is 1. The minimum atomic E-state index is -0.248. The van der Waals surface area contributed by atoms with Gasteiger partial charge >= 0.3 is 0 Å². The highest BCUT2D eigenvalue weighted by molar-refractivity contribution is 6.30. The van der Waals surface area contributed by atoms with E-state index in [9.17, 15) is 9.18 Å². The van der Waals surface area contributed by atoms with E-state index in [1.165, 1.54) is 12.1 Å². The van der Waals surface area contributed by atoms with Gasteiger partial charge in [0.15, 0.2) is 0 Å². The van der Waals surface area contributed by atoms with E-state index in [1.807, 2.05) is 36.4 Å². The maximum absolute atomic E-state index is 13.5. The number of carbonyl (C=O) groups is 1. The fourth-order valence-corrected chi connectivity index (χ4v) is 5.24. The molecule has 1 fully saturated rings. The van der Waals surface area contributed by atoms with Gasteiger partial charge in [0.05, 0.1) is 13.2 Å². The molecule has 7 heteroatoms. The Labute approximate surface area is 221 Å². The molecular formula is C30H31ClFN3O2. The molecule has 0 spiro atoms. The van der Waals surface area contributed by atoms with Crippen molar-refractivity contribution in [2.24, 2.45) is 0 Å². The minimum Gasteiger partial charge on any atom is -0.379 e. The first-order valence-electron chi connectivity index (χ1n) is 12.7. The summed E-state index contributed by atoms with van der Waals surface area (Å²) in [7, 11) is 0. The standard InChI is InChI=1S/C30H31ClFN3O2/c31-24-5-3-4-23(18-24)27(19-30(36)33-12-13-34-14-16-37-17-15-34)28-21-35(29-7-2-1-6-26(28)29)20-22-8-10-25(32)11-9-22/h1-11,18,21,27H,12-17,19-20H2,(H,33,36)/t27-/m1/s1. The molecule has 1 saturated heterocycles. The molecule has 37 heavy (non-hydrogen) atoms. The second kappa shape index (κ2) is 11.9. The summed E-state index contributed by atoms with van der Waals surface area (Å²) in [5.74, 6) is -0.405. The summed E-state index contributed by atoms with van der Waals surface area (Å²) in [6.07, 6.45) is 2.44. The average Bonchev–Trinajstić information content (AvgIpc) is 3.27. The Bertz CT molecular complexity index is 1350. The predicted molar refractivity (Wildman–Crippen MR) is 146 cm³/mol. The van der Waals surface area contributed by atoms with Gasteiger partial charge in [-0.1, -0.05) is 54.1 Å². The lowest BCUT2D eigenvalue weighted by Gasteiger charge is -2.26. The summed E-state index contributed by atoms with van der Waals surface area (Å²) in [4.78, 5) is 15.5. The smallest absolute Gasteiger partial charge is 0.220 e. The van der Waals surface area contributed by atoms with Crippen molar-refractivity contribution in [2.75, 3.05) is 39.4 Å². The van der Waals surface area contributed by atoms with Gasteiger partial charge in [-0.25, -0.2) is 4.39 Å². The molecule has 5 nitrogen and oxygen atoms in total. The SMILES string of the molecule is O=C(C[C@H](c1cccc(Cl)c1)c1cn(Cc2ccc(F)cc2)c2ccccc12)NCCN1CCOCC1. The van der Waals surface area contributed by atoms with Crippen LogP contribution in [-0.4, -0.2) is 54.8 Å². The van der Waals surface area contributed by atoms with Crippen molar-refractivity contribution in [1.82, 2.24) is 14.8 Å². The topological polar surface area (TPSA) is 46.5 Å². The van der Waals surface area contributed by atoms with E-state index in [2.05, 4.69) is 33.1 Å². The van der Waals surface area contributed by atoms with E-state index in [0.717, 1.165) is 60.4 Å². The lowest BCUT2D eigenvalue weighted by atomic mass is 9.88. The number of morpholine rings is 1. The zero-order valence-corrected chi connectivity index (χ0v) is 21.5. The number of nitrogens with one attached hydrogen (secondary N) is 1. The molecule has 0 bridgehead atoms. The largest absolute Gasteiger partial charge is 0.379 e. The van der Waals surface area contributed by atoms with Gasteiger partial charge in [-0.3, -0.25) is 9.69 Å². The maximum atomic E-state index is 13.5. The van der Waals surface area contributed by atoms with Gasteiger partial charge in [-0.15, -0.1) is 0 Å². The molecule has 2 heterocycles. The zero-order chi connectivity index (χ0) is 25.6. The normalized spacial score (nSPS) is 15.1. The molecule has 192 valence electrons. The van der Waals surface area contributed by atoms with Gasteiger partial charge in [-0.2, -0.15) is 0 Å². The van der Waals surface area contributed by atoms with Gasteiger partial charge in [0.25, 0.3) is 0 Å². The van der Waals surface area contributed by atoms with Crippen molar-refractivity contribution in [1.29, 1.82) is 0 Å². The molecule has 0 aliphatic carbocycles. The van der Waals surface area contributed by atoms with Crippen LogP contribution in [0.15, 0.2) is 79.0 Å². The number of nitrogens with zero attached hydrogens (tertiary/aromatic N) is 2. The van der Waals surface area contributed by atoms with Crippen LogP contribution in [0.2, 0.25) is 5.02 Å². The van der Waals surface area contributed by atoms with Gasteiger partial charge in [0.2, 0.25) is 5.91 Å². The molecule has 1 aromatic heterocycles. The number of hydrogen-bond donors (Lipinski definition) is 1. The van der Waals surface area contributed by atoms with Crippen LogP contribution in [0.1, 0.15) is 29.0 Å². The van der Waals surface area contributed by atoms with Crippen LogP contribution >= 0.6 is 11.6 Å². The first kappa shape index (κ1) is 25.5. The van der Waals surface area contributed by atoms with Crippen LogP contribution in [0.5, 0.6) is 0 Å². The molecule has 1 aliphatic heterocycles. The van der Waals surface area contributed by atoms with E-state index < -0.39 is 0 Å². The third-order valence-corrected chi connectivity index (χ3v) is 7.19. The lowest BCUT2D eigenvalue weighted by Crippen LogP contribution is -2.41. The third kappa shape index (κ3) is 6.39. The average molecular weight is 520 g/mol. The molecule has 1 N–H and O–H groups in total. The summed E-state index contributed by atoms with van der Waals surface area (Å²) >= 11 is 6.37. The van der Waals surface area contributed by atoms with Crippen LogP contribution in [-0.2, 0) is 16.1 Å². The van der Waals surface area contributed by atoms with E-state index >= 15 is 0 Å². The fraction of sp³-hybridized carbons (Fsp3) is 0.300. The summed E-state index contributed by atoms with van der Waals surface area (Å²) in [6, 6.07) is 22.5. The Morgan fingerprint density at radius 3 is 2.59 bits per heavy atom. The number of ether oxygens (including phenoxy) is 1. The van der Waals surface area contributed by atoms with E-state index in [-0.39, 0.29) is 17.6 Å². The summed E-state index contributed by atoms with van der Waals surface area (Å²) in [5, 5.41) is 4.85. The highest BCUT2D eigenvalue weighted by atomic mass is 35.5. The van der Waals surface area contributed by atoms with Crippen LogP contribution in [0.25, 0.3) is 10.9 Å². The Morgan fingerprint density at radius 2 is 1.81 bits per heavy atom. The van der Waals surface area contributed by atoms with Crippen molar-refractivity contribution in [2.45, 2.75) is 18.9 Å². The molecule has 0 radical (unpaired) electrons. The number of fused-ring (bicyclic) bond motifs is 1. The first-order chi connectivity index (χ1) is 18.1. The monoisotopic (exact) mass is 519 g/mol. The van der Waals surface area contributed by atoms with Gasteiger partial charge in [0, 0.05) is 67.2 Å². The molecule has 3 aromatic carbocycles. The molecule has 4 aromatic rings. The number of benzene rings is 3. The molecular weight excluding hydrogens is 489 g/mol. The van der Waals surface area contributed by atoms with Crippen molar-refractivity contribution in [3.05, 3.63) is 107 Å². The highest BCUT2D eigenvalue weighted by Crippen LogP contribution is 2.36. The van der Waals surface area contributed by atoms with Crippen LogP contribution in [0, 0.1) is 5.82 Å². The number of carbonyl (C=O) groups excluding carboxylic acids is 1. The van der Waals surface area contributed by atoms with Crippen LogP contribution in [0.3, 0.4) is 0 Å². The van der Waals surface area contributed by atoms with Crippen LogP contribution in [0.4, 0.5) is 4.39 Å². The molecule has 1 atom stereocenters. The highest BCUT2D eigenvalue weighted by Gasteiger charge is 2.23. The number of halogens is 2. The summed E-state index contributed by atoms with van der Waals surface area (Å²) in [6.45, 7) is 5.30. The maximum Gasteiger partial charge on any atom is 0.220 e. The molecule has 5 rings (SSSR count). The van der Waals surface area contributed by atoms with Crippen molar-refractivity contribution < 1.29 is 13.9 Å². The Kier molecular flexibility index (Phi) is 8.19. The number of amides is 1. The Balaban J connectivity index is 1.41. The fourth-order valence-electron chi connectivity index (χ4n) is 5.04. The van der Waals surface area contributed by atoms with Crippen molar-refractivity contribution >= 4 is 28.4 Å². The minimum absolute atomic E-state index is 0.00796. The van der Waals surface area contributed by atoms with Gasteiger partial charge < -0.3 is 14.6 Å². The Morgan fingerprint density at radius 1 is 1.03 bits per heavy atom. The molecule has 1 amide bonds. The summed E-state index contributed by atoms with van der Waals surface area (Å²) < 4.78 is 21.0. The van der Waals surface area contributed by atoms with Crippen molar-refractivity contribution in [3.63, 3.8) is 0 Å². The number of para-hydroxylation sites is 1. The molecule has 1 aliphatic rings. The summed E-state index contributed by atoms with van der Waals surface area (Å²) in [5.41, 5.74) is 4.15. The number of hydrogen-bond acceptors (Lipinski definition) is 3. The van der Waals surface area contributed by atoms with Crippen LogP contribution < -0.4 is 5.32 Å². The quantitative estimate of drug-likeness (QED) is 0.320. The van der Waals surface area contributed by atoms with Gasteiger partial charge in [0.1, 0.15) is 5.82 Å². The second-order valence-electron chi connectivity index (χ2n) is 9.47. The van der Waals surface area contributed by atoms with E-state index in [1.54, 1.807) is 12.1 Å². The lowest BCUT2D eigenvalue weighted by molar-refractivity contribution is -0.121. The van der Waals surface area contributed by atoms with E-state index in [4.69, 9.17) is 16.3 Å². The zero-order valence-electron chi connectivity index (χ0n) is 20.7. The number of rotatable bonds is 9.